The zero-order valence-corrected chi connectivity index (χ0v) is 14.3. The van der Waals surface area contributed by atoms with Crippen LogP contribution in [0, 0.1) is 6.92 Å². The molecule has 1 N–H and O–H groups in total. The van der Waals surface area contributed by atoms with Crippen LogP contribution < -0.4 is 10.1 Å². The van der Waals surface area contributed by atoms with Gasteiger partial charge in [0.1, 0.15) is 5.75 Å². The number of aryl methyl sites for hydroxylation is 1. The van der Waals surface area contributed by atoms with Crippen molar-refractivity contribution in [3.8, 4) is 5.75 Å². The third kappa shape index (κ3) is 4.22. The van der Waals surface area contributed by atoms with Crippen LogP contribution in [0.5, 0.6) is 5.75 Å². The molecule has 0 aliphatic carbocycles. The Morgan fingerprint density at radius 2 is 2.17 bits per heavy atom. The number of carbonyl (C=O) groups is 2. The van der Waals surface area contributed by atoms with Gasteiger partial charge in [-0.3, -0.25) is 14.5 Å². The Bertz CT molecular complexity index is 586. The van der Waals surface area contributed by atoms with E-state index in [2.05, 4.69) is 16.3 Å². The van der Waals surface area contributed by atoms with Gasteiger partial charge in [-0.2, -0.15) is 0 Å². The molecule has 1 fully saturated rings. The van der Waals surface area contributed by atoms with Crippen LogP contribution in [0.15, 0.2) is 18.2 Å². The van der Waals surface area contributed by atoms with E-state index >= 15 is 0 Å². The fraction of sp³-hybridized carbons (Fsp3) is 0.529. The quantitative estimate of drug-likeness (QED) is 0.871. The minimum absolute atomic E-state index is 0.0389. The number of ether oxygens (including phenoxy) is 1. The summed E-state index contributed by atoms with van der Waals surface area (Å²) in [7, 11) is 5.07. The Labute approximate surface area is 137 Å². The van der Waals surface area contributed by atoms with Gasteiger partial charge in [0.25, 0.3) is 0 Å². The second-order valence-corrected chi connectivity index (χ2v) is 6.07. The zero-order valence-electron chi connectivity index (χ0n) is 14.3. The lowest BCUT2D eigenvalue weighted by atomic mass is 10.0. The maximum atomic E-state index is 12.2. The smallest absolute Gasteiger partial charge is 0.237 e. The van der Waals surface area contributed by atoms with Gasteiger partial charge in [0.2, 0.25) is 11.8 Å². The monoisotopic (exact) mass is 319 g/mol. The van der Waals surface area contributed by atoms with E-state index in [1.165, 1.54) is 4.90 Å². The van der Waals surface area contributed by atoms with Crippen LogP contribution in [0.2, 0.25) is 0 Å². The molecule has 1 unspecified atom stereocenters. The van der Waals surface area contributed by atoms with Gasteiger partial charge in [-0.05, 0) is 24.1 Å². The predicted molar refractivity (Wildman–Crippen MR) is 88.2 cm³/mol. The highest BCUT2D eigenvalue weighted by Gasteiger charge is 2.32. The van der Waals surface area contributed by atoms with Crippen LogP contribution in [0.25, 0.3) is 0 Å². The predicted octanol–water partition coefficient (Wildman–Crippen LogP) is 0.782. The lowest BCUT2D eigenvalue weighted by Crippen LogP contribution is -2.56. The second-order valence-electron chi connectivity index (χ2n) is 6.07. The average molecular weight is 319 g/mol. The fourth-order valence-electron chi connectivity index (χ4n) is 2.79. The molecule has 1 aromatic carbocycles. The third-order valence-corrected chi connectivity index (χ3v) is 4.15. The number of rotatable bonds is 5. The molecule has 0 spiro atoms. The number of nitrogens with zero attached hydrogens (tertiary/aromatic N) is 2. The van der Waals surface area contributed by atoms with Gasteiger partial charge in [0.15, 0.2) is 0 Å². The summed E-state index contributed by atoms with van der Waals surface area (Å²) in [6.45, 7) is 3.99. The van der Waals surface area contributed by atoms with Crippen molar-refractivity contribution in [2.45, 2.75) is 25.9 Å². The molecule has 6 nitrogen and oxygen atoms in total. The molecule has 6 heteroatoms. The lowest BCUT2D eigenvalue weighted by Gasteiger charge is -2.35. The van der Waals surface area contributed by atoms with E-state index in [0.717, 1.165) is 23.4 Å². The standard InChI is InChI=1S/C17H25N3O3/c1-12-9-13(5-6-15(12)23-4)11-20-8-7-18-17(22)14(20)10-16(21)19(2)3/h5-6,9,14H,7-8,10-11H2,1-4H3,(H,18,22). The lowest BCUT2D eigenvalue weighted by molar-refractivity contribution is -0.137. The van der Waals surface area contributed by atoms with E-state index in [-0.39, 0.29) is 18.2 Å². The molecule has 1 aliphatic heterocycles. The van der Waals surface area contributed by atoms with Crippen molar-refractivity contribution in [1.82, 2.24) is 15.1 Å². The first-order valence-electron chi connectivity index (χ1n) is 7.77. The molecule has 1 saturated heterocycles. The van der Waals surface area contributed by atoms with Crippen molar-refractivity contribution in [2.75, 3.05) is 34.3 Å². The minimum Gasteiger partial charge on any atom is -0.496 e. The van der Waals surface area contributed by atoms with Gasteiger partial charge in [0, 0.05) is 33.7 Å². The maximum absolute atomic E-state index is 12.2. The van der Waals surface area contributed by atoms with Gasteiger partial charge in [-0.1, -0.05) is 12.1 Å². The fourth-order valence-corrected chi connectivity index (χ4v) is 2.79. The SMILES string of the molecule is COc1ccc(CN2CCNC(=O)C2CC(=O)N(C)C)cc1C. The Morgan fingerprint density at radius 1 is 1.43 bits per heavy atom. The van der Waals surface area contributed by atoms with E-state index < -0.39 is 6.04 Å². The number of benzene rings is 1. The van der Waals surface area contributed by atoms with Crippen LogP contribution >= 0.6 is 0 Å². The van der Waals surface area contributed by atoms with Crippen molar-refractivity contribution < 1.29 is 14.3 Å². The first kappa shape index (κ1) is 17.3. The van der Waals surface area contributed by atoms with Crippen molar-refractivity contribution in [1.29, 1.82) is 0 Å². The van der Waals surface area contributed by atoms with Gasteiger partial charge in [0.05, 0.1) is 19.6 Å². The summed E-state index contributed by atoms with van der Waals surface area (Å²) in [5, 5.41) is 2.85. The number of carbonyl (C=O) groups excluding carboxylic acids is 2. The Kier molecular flexibility index (Phi) is 5.60. The molecular weight excluding hydrogens is 294 g/mol. The summed E-state index contributed by atoms with van der Waals surface area (Å²) in [6, 6.07) is 5.59. The number of piperazine rings is 1. The van der Waals surface area contributed by atoms with Crippen LogP contribution in [-0.4, -0.2) is 62.0 Å². The molecule has 1 aromatic rings. The zero-order chi connectivity index (χ0) is 17.0. The summed E-state index contributed by atoms with van der Waals surface area (Å²) < 4.78 is 5.28. The molecule has 0 saturated carbocycles. The Hall–Kier alpha value is -2.08. The summed E-state index contributed by atoms with van der Waals surface area (Å²) in [5.74, 6) is 0.740. The molecule has 1 aliphatic rings. The normalized spacial score (nSPS) is 18.4. The number of hydrogen-bond donors (Lipinski definition) is 1. The Balaban J connectivity index is 2.13. The van der Waals surface area contributed by atoms with Crippen LogP contribution in [0.1, 0.15) is 17.5 Å². The van der Waals surface area contributed by atoms with E-state index in [4.69, 9.17) is 4.74 Å². The molecule has 126 valence electrons. The van der Waals surface area contributed by atoms with Gasteiger partial charge in [-0.15, -0.1) is 0 Å². The molecule has 0 radical (unpaired) electrons. The largest absolute Gasteiger partial charge is 0.496 e. The molecule has 0 bridgehead atoms. The summed E-state index contributed by atoms with van der Waals surface area (Å²) in [4.78, 5) is 27.8. The highest BCUT2D eigenvalue weighted by Crippen LogP contribution is 2.21. The average Bonchev–Trinajstić information content (AvgIpc) is 2.50. The summed E-state index contributed by atoms with van der Waals surface area (Å²) in [5.41, 5.74) is 2.17. The summed E-state index contributed by atoms with van der Waals surface area (Å²) >= 11 is 0. The van der Waals surface area contributed by atoms with Gasteiger partial charge < -0.3 is 15.0 Å². The molecule has 2 amide bonds. The number of methoxy groups -OCH3 is 1. The highest BCUT2D eigenvalue weighted by atomic mass is 16.5. The van der Waals surface area contributed by atoms with Crippen LogP contribution in [-0.2, 0) is 16.1 Å². The molecule has 23 heavy (non-hydrogen) atoms. The van der Waals surface area contributed by atoms with Crippen LogP contribution in [0.3, 0.4) is 0 Å². The molecule has 2 rings (SSSR count). The first-order valence-corrected chi connectivity index (χ1v) is 7.77. The van der Waals surface area contributed by atoms with Crippen molar-refractivity contribution >= 4 is 11.8 Å². The number of hydrogen-bond acceptors (Lipinski definition) is 4. The van der Waals surface area contributed by atoms with Crippen molar-refractivity contribution in [3.63, 3.8) is 0 Å². The highest BCUT2D eigenvalue weighted by molar-refractivity contribution is 5.88. The number of amides is 2. The second kappa shape index (κ2) is 7.46. The summed E-state index contributed by atoms with van der Waals surface area (Å²) in [6.07, 6.45) is 0.202. The van der Waals surface area contributed by atoms with Gasteiger partial charge >= 0.3 is 0 Å². The van der Waals surface area contributed by atoms with Crippen molar-refractivity contribution in [2.24, 2.45) is 0 Å². The van der Waals surface area contributed by atoms with Crippen molar-refractivity contribution in [3.05, 3.63) is 29.3 Å². The molecule has 1 heterocycles. The topological polar surface area (TPSA) is 61.9 Å². The Morgan fingerprint density at radius 3 is 2.78 bits per heavy atom. The maximum Gasteiger partial charge on any atom is 0.237 e. The molecular formula is C17H25N3O3. The third-order valence-electron chi connectivity index (χ3n) is 4.15. The number of nitrogens with one attached hydrogen (secondary N) is 1. The van der Waals surface area contributed by atoms with Gasteiger partial charge in [-0.25, -0.2) is 0 Å². The molecule has 1 atom stereocenters. The molecule has 0 aromatic heterocycles. The minimum atomic E-state index is -0.416. The van der Waals surface area contributed by atoms with E-state index in [0.29, 0.717) is 13.1 Å². The van der Waals surface area contributed by atoms with Crippen LogP contribution in [0.4, 0.5) is 0 Å². The van der Waals surface area contributed by atoms with E-state index in [1.54, 1.807) is 21.2 Å². The first-order chi connectivity index (χ1) is 10.9. The van der Waals surface area contributed by atoms with E-state index in [9.17, 15) is 9.59 Å². The van der Waals surface area contributed by atoms with E-state index in [1.807, 2.05) is 19.1 Å².